The van der Waals surface area contributed by atoms with Crippen LogP contribution in [0.3, 0.4) is 0 Å². The largest absolute Gasteiger partial charge is 0.497 e. The minimum absolute atomic E-state index is 0.0238. The van der Waals surface area contributed by atoms with E-state index in [1.165, 1.54) is 43.2 Å². The molecule has 1 aliphatic heterocycles. The number of anilines is 1. The molecular weight excluding hydrogens is 420 g/mol. The van der Waals surface area contributed by atoms with Gasteiger partial charge >= 0.3 is 5.97 Å². The number of benzene rings is 2. The molecule has 0 bridgehead atoms. The molecule has 2 aromatic carbocycles. The van der Waals surface area contributed by atoms with Gasteiger partial charge in [0, 0.05) is 17.7 Å². The summed E-state index contributed by atoms with van der Waals surface area (Å²) >= 11 is 0. The average molecular weight is 436 g/mol. The van der Waals surface area contributed by atoms with Crippen LogP contribution in [0.25, 0.3) is 0 Å². The number of methoxy groups -OCH3 is 2. The van der Waals surface area contributed by atoms with Crippen molar-refractivity contribution in [3.8, 4) is 5.75 Å². The maximum atomic E-state index is 13.6. The summed E-state index contributed by atoms with van der Waals surface area (Å²) in [4.78, 5) is 36.6. The molecule has 162 valence electrons. The van der Waals surface area contributed by atoms with Gasteiger partial charge in [0.05, 0.1) is 24.7 Å². The highest BCUT2D eigenvalue weighted by atomic mass is 16.6. The molecule has 1 N–H and O–H groups in total. The first-order chi connectivity index (χ1) is 15.4. The van der Waals surface area contributed by atoms with E-state index >= 15 is 0 Å². The van der Waals surface area contributed by atoms with Crippen LogP contribution in [0.4, 0.5) is 11.6 Å². The fourth-order valence-corrected chi connectivity index (χ4v) is 3.37. The third-order valence-corrected chi connectivity index (χ3v) is 4.92. The zero-order chi connectivity index (χ0) is 22.8. The Morgan fingerprint density at radius 2 is 1.78 bits per heavy atom. The second kappa shape index (κ2) is 8.26. The summed E-state index contributed by atoms with van der Waals surface area (Å²) in [6.07, 6.45) is 0. The van der Waals surface area contributed by atoms with Gasteiger partial charge in [-0.2, -0.15) is 4.68 Å². The molecule has 0 saturated carbocycles. The molecule has 1 aliphatic rings. The number of hydrogen-bond acceptors (Lipinski definition) is 10. The number of ketones is 1. The van der Waals surface area contributed by atoms with Crippen molar-refractivity contribution in [1.29, 1.82) is 0 Å². The Morgan fingerprint density at radius 3 is 2.38 bits per heavy atom. The third kappa shape index (κ3) is 3.53. The standard InChI is InChI=1S/C20H16N6O6/c1-31-14-9-5-11(6-10-14)17-15(18(27)12-3-7-13(8-4-12)26(29)30)16(19(28)32-2)21-20-22-23-24-25(17)20/h3-10,17H,1-2H3,(H,21,22,24)/t17-/m0/s1. The number of ether oxygens (including phenoxy) is 2. The Morgan fingerprint density at radius 1 is 1.09 bits per heavy atom. The van der Waals surface area contributed by atoms with Gasteiger partial charge < -0.3 is 14.8 Å². The van der Waals surface area contributed by atoms with Gasteiger partial charge in [0.2, 0.25) is 5.95 Å². The molecule has 0 amide bonds. The van der Waals surface area contributed by atoms with Crippen LogP contribution in [-0.4, -0.2) is 51.1 Å². The van der Waals surface area contributed by atoms with E-state index in [2.05, 4.69) is 20.8 Å². The Labute approximate surface area is 180 Å². The number of nitro groups is 1. The SMILES string of the molecule is COC(=O)C1=C(C(=O)c2ccc([N+](=O)[O-])cc2)[C@H](c2ccc(OC)cc2)n2nnnc2N1. The Bertz CT molecular complexity index is 1230. The second-order valence-corrected chi connectivity index (χ2v) is 6.66. The lowest BCUT2D eigenvalue weighted by Crippen LogP contribution is -2.32. The normalized spacial score (nSPS) is 14.9. The monoisotopic (exact) mass is 436 g/mol. The quantitative estimate of drug-likeness (QED) is 0.262. The van der Waals surface area contributed by atoms with Crippen molar-refractivity contribution >= 4 is 23.4 Å². The van der Waals surface area contributed by atoms with E-state index in [0.717, 1.165) is 0 Å². The first-order valence-electron chi connectivity index (χ1n) is 9.25. The van der Waals surface area contributed by atoms with E-state index in [1.807, 2.05) is 0 Å². The lowest BCUT2D eigenvalue weighted by Gasteiger charge is -2.28. The van der Waals surface area contributed by atoms with Crippen molar-refractivity contribution in [3.05, 3.63) is 81.0 Å². The molecule has 12 nitrogen and oxygen atoms in total. The molecule has 0 spiro atoms. The van der Waals surface area contributed by atoms with E-state index in [1.54, 1.807) is 24.3 Å². The number of hydrogen-bond donors (Lipinski definition) is 1. The number of nitrogens with zero attached hydrogens (tertiary/aromatic N) is 5. The molecule has 3 aromatic rings. The smallest absolute Gasteiger partial charge is 0.355 e. The minimum atomic E-state index is -0.871. The Hall–Kier alpha value is -4.61. The number of nitro benzene ring substituents is 1. The molecule has 0 aliphatic carbocycles. The number of rotatable bonds is 6. The Balaban J connectivity index is 1.89. The van der Waals surface area contributed by atoms with Crippen molar-refractivity contribution in [2.75, 3.05) is 19.5 Å². The fourth-order valence-electron chi connectivity index (χ4n) is 3.37. The van der Waals surface area contributed by atoms with E-state index in [4.69, 9.17) is 9.47 Å². The predicted octanol–water partition coefficient (Wildman–Crippen LogP) is 1.91. The maximum Gasteiger partial charge on any atom is 0.355 e. The van der Waals surface area contributed by atoms with Crippen molar-refractivity contribution in [2.24, 2.45) is 0 Å². The molecule has 0 unspecified atom stereocenters. The van der Waals surface area contributed by atoms with Crippen LogP contribution in [-0.2, 0) is 9.53 Å². The molecule has 1 atom stereocenters. The first-order valence-corrected chi connectivity index (χ1v) is 9.25. The molecule has 4 rings (SSSR count). The van der Waals surface area contributed by atoms with Gasteiger partial charge in [0.15, 0.2) is 5.78 Å². The fraction of sp³-hybridized carbons (Fsp3) is 0.150. The van der Waals surface area contributed by atoms with Crippen molar-refractivity contribution < 1.29 is 24.0 Å². The summed E-state index contributed by atoms with van der Waals surface area (Å²) in [7, 11) is 2.71. The van der Waals surface area contributed by atoms with Crippen molar-refractivity contribution in [1.82, 2.24) is 20.2 Å². The summed E-state index contributed by atoms with van der Waals surface area (Å²) in [5.41, 5.74) is 0.478. The van der Waals surface area contributed by atoms with Gasteiger partial charge in [-0.3, -0.25) is 14.9 Å². The lowest BCUT2D eigenvalue weighted by molar-refractivity contribution is -0.384. The average Bonchev–Trinajstić information content (AvgIpc) is 3.30. The third-order valence-electron chi connectivity index (χ3n) is 4.92. The summed E-state index contributed by atoms with van der Waals surface area (Å²) < 4.78 is 11.4. The highest BCUT2D eigenvalue weighted by Crippen LogP contribution is 2.37. The van der Waals surface area contributed by atoms with Crippen molar-refractivity contribution in [3.63, 3.8) is 0 Å². The molecule has 12 heteroatoms. The number of tetrazole rings is 1. The van der Waals surface area contributed by atoms with Gasteiger partial charge in [-0.25, -0.2) is 4.79 Å². The van der Waals surface area contributed by atoms with E-state index in [0.29, 0.717) is 11.3 Å². The van der Waals surface area contributed by atoms with Gasteiger partial charge in [-0.15, -0.1) is 0 Å². The Kier molecular flexibility index (Phi) is 5.33. The summed E-state index contributed by atoms with van der Waals surface area (Å²) in [6, 6.07) is 11.0. The van der Waals surface area contributed by atoms with Crippen LogP contribution in [0.15, 0.2) is 59.8 Å². The van der Waals surface area contributed by atoms with E-state index in [9.17, 15) is 19.7 Å². The van der Waals surface area contributed by atoms with Crippen LogP contribution in [0.1, 0.15) is 22.0 Å². The molecule has 32 heavy (non-hydrogen) atoms. The number of fused-ring (bicyclic) bond motifs is 1. The lowest BCUT2D eigenvalue weighted by atomic mass is 9.89. The molecule has 2 heterocycles. The topological polar surface area (TPSA) is 151 Å². The molecule has 1 aromatic heterocycles. The van der Waals surface area contributed by atoms with Gasteiger partial charge in [-0.1, -0.05) is 17.2 Å². The second-order valence-electron chi connectivity index (χ2n) is 6.66. The van der Waals surface area contributed by atoms with Gasteiger partial charge in [-0.05, 0) is 40.3 Å². The number of esters is 1. The number of Topliss-reactive ketones (excluding diaryl/α,β-unsaturated/α-hetero) is 1. The van der Waals surface area contributed by atoms with Crippen LogP contribution < -0.4 is 10.1 Å². The number of nitrogens with one attached hydrogen (secondary N) is 1. The molecular formula is C20H16N6O6. The van der Waals surface area contributed by atoms with Crippen LogP contribution in [0, 0.1) is 10.1 Å². The number of allylic oxidation sites excluding steroid dienone is 1. The molecule has 0 fully saturated rings. The first kappa shape index (κ1) is 20.7. The maximum absolute atomic E-state index is 13.6. The highest BCUT2D eigenvalue weighted by molar-refractivity contribution is 6.15. The minimum Gasteiger partial charge on any atom is -0.497 e. The number of carbonyl (C=O) groups is 2. The highest BCUT2D eigenvalue weighted by Gasteiger charge is 2.38. The summed E-state index contributed by atoms with van der Waals surface area (Å²) in [5, 5.41) is 25.2. The van der Waals surface area contributed by atoms with Crippen LogP contribution >= 0.6 is 0 Å². The van der Waals surface area contributed by atoms with Gasteiger partial charge in [0.1, 0.15) is 17.5 Å². The van der Waals surface area contributed by atoms with E-state index < -0.39 is 22.7 Å². The van der Waals surface area contributed by atoms with Crippen molar-refractivity contribution in [2.45, 2.75) is 6.04 Å². The zero-order valence-corrected chi connectivity index (χ0v) is 16.9. The van der Waals surface area contributed by atoms with Crippen LogP contribution in [0.5, 0.6) is 5.75 Å². The molecule has 0 radical (unpaired) electrons. The zero-order valence-electron chi connectivity index (χ0n) is 16.9. The predicted molar refractivity (Wildman–Crippen MR) is 109 cm³/mol. The van der Waals surface area contributed by atoms with E-state index in [-0.39, 0.29) is 28.5 Å². The molecule has 0 saturated heterocycles. The number of non-ortho nitro benzene ring substituents is 1. The number of carbonyl (C=O) groups excluding carboxylic acids is 2. The summed E-state index contributed by atoms with van der Waals surface area (Å²) in [5.74, 6) is -0.593. The van der Waals surface area contributed by atoms with Crippen LogP contribution in [0.2, 0.25) is 0 Å². The summed E-state index contributed by atoms with van der Waals surface area (Å²) in [6.45, 7) is 0. The number of aromatic nitrogens is 4. The van der Waals surface area contributed by atoms with Gasteiger partial charge in [0.25, 0.3) is 5.69 Å².